The maximum atomic E-state index is 12.0. The van der Waals surface area contributed by atoms with Crippen molar-refractivity contribution >= 4 is 33.3 Å². The number of rotatable bonds is 5. The van der Waals surface area contributed by atoms with Gasteiger partial charge < -0.3 is 0 Å². The normalized spacial score (nSPS) is 11.6. The van der Waals surface area contributed by atoms with Crippen molar-refractivity contribution < 1.29 is 12.6 Å². The molecule has 2 aromatic rings. The smallest absolute Gasteiger partial charge is 0.266 e. The molecule has 0 bridgehead atoms. The van der Waals surface area contributed by atoms with Crippen molar-refractivity contribution in [2.24, 2.45) is 0 Å². The molecular weight excluding hydrogens is 331 g/mol. The van der Waals surface area contributed by atoms with E-state index in [1.165, 1.54) is 12.1 Å². The molecule has 0 radical (unpaired) electrons. The number of aryl methyl sites for hydroxylation is 1. The Morgan fingerprint density at radius 1 is 1.00 bits per heavy atom. The summed E-state index contributed by atoms with van der Waals surface area (Å²) in [5.41, 5.74) is 1.81. The highest BCUT2D eigenvalue weighted by atomic mass is 35.5. The number of hydrogen-bond donors (Lipinski definition) is 0. The first kappa shape index (κ1) is 16.3. The molecule has 0 amide bonds. The van der Waals surface area contributed by atoms with Gasteiger partial charge >= 0.3 is 0 Å². The summed E-state index contributed by atoms with van der Waals surface area (Å²) in [5, 5.41) is 1.03. The van der Waals surface area contributed by atoms with Gasteiger partial charge in [0, 0.05) is 10.0 Å². The van der Waals surface area contributed by atoms with Crippen LogP contribution in [0.3, 0.4) is 0 Å². The lowest BCUT2D eigenvalue weighted by Gasteiger charge is -2.07. The van der Waals surface area contributed by atoms with Crippen molar-refractivity contribution in [2.75, 3.05) is 6.61 Å². The van der Waals surface area contributed by atoms with Crippen molar-refractivity contribution in [1.82, 2.24) is 0 Å². The van der Waals surface area contributed by atoms with Gasteiger partial charge in [-0.1, -0.05) is 40.9 Å². The lowest BCUT2D eigenvalue weighted by molar-refractivity contribution is 0.322. The van der Waals surface area contributed by atoms with E-state index in [-0.39, 0.29) is 11.5 Å². The quantitative estimate of drug-likeness (QED) is 0.761. The third-order valence-electron chi connectivity index (χ3n) is 2.86. The Bertz CT molecular complexity index is 705. The zero-order valence-corrected chi connectivity index (χ0v) is 13.7. The van der Waals surface area contributed by atoms with E-state index >= 15 is 0 Å². The molecule has 0 aliphatic rings. The SMILES string of the molecule is Cc1ccc(S(=O)(=O)OCCc2cc(Cl)cc(Cl)c2)cc1. The standard InChI is InChI=1S/C15H14Cl2O3S/c1-11-2-4-15(5-3-11)21(18,19)20-7-6-12-8-13(16)10-14(17)9-12/h2-5,8-10H,6-7H2,1H3. The maximum absolute atomic E-state index is 12.0. The molecule has 6 heteroatoms. The summed E-state index contributed by atoms with van der Waals surface area (Å²) in [4.78, 5) is 0.150. The molecule has 0 unspecified atom stereocenters. The molecule has 3 nitrogen and oxygen atoms in total. The molecule has 0 saturated carbocycles. The largest absolute Gasteiger partial charge is 0.296 e. The summed E-state index contributed by atoms with van der Waals surface area (Å²) in [6.07, 6.45) is 0.408. The lowest BCUT2D eigenvalue weighted by Crippen LogP contribution is -2.09. The van der Waals surface area contributed by atoms with Gasteiger partial charge in [0.25, 0.3) is 10.1 Å². The summed E-state index contributed by atoms with van der Waals surface area (Å²) < 4.78 is 29.0. The summed E-state index contributed by atoms with van der Waals surface area (Å²) in [7, 11) is -3.73. The van der Waals surface area contributed by atoms with Crippen LogP contribution in [0.1, 0.15) is 11.1 Å². The summed E-state index contributed by atoms with van der Waals surface area (Å²) in [6, 6.07) is 11.6. The van der Waals surface area contributed by atoms with E-state index in [9.17, 15) is 8.42 Å². The van der Waals surface area contributed by atoms with Crippen molar-refractivity contribution in [2.45, 2.75) is 18.2 Å². The summed E-state index contributed by atoms with van der Waals surface area (Å²) in [6.45, 7) is 1.92. The zero-order chi connectivity index (χ0) is 15.5. The van der Waals surface area contributed by atoms with Gasteiger partial charge in [0.1, 0.15) is 0 Å². The highest BCUT2D eigenvalue weighted by molar-refractivity contribution is 7.86. The van der Waals surface area contributed by atoms with Crippen LogP contribution in [0.5, 0.6) is 0 Å². The Morgan fingerprint density at radius 2 is 1.57 bits per heavy atom. The van der Waals surface area contributed by atoms with Crippen LogP contribution in [0.15, 0.2) is 47.4 Å². The molecule has 0 aromatic heterocycles. The van der Waals surface area contributed by atoms with E-state index in [4.69, 9.17) is 27.4 Å². The van der Waals surface area contributed by atoms with Gasteiger partial charge in [0.15, 0.2) is 0 Å². The summed E-state index contributed by atoms with van der Waals surface area (Å²) in [5.74, 6) is 0. The average Bonchev–Trinajstić information content (AvgIpc) is 2.37. The van der Waals surface area contributed by atoms with Crippen LogP contribution >= 0.6 is 23.2 Å². The van der Waals surface area contributed by atoms with Crippen molar-refractivity contribution in [3.63, 3.8) is 0 Å². The molecule has 21 heavy (non-hydrogen) atoms. The molecular formula is C15H14Cl2O3S. The fraction of sp³-hybridized carbons (Fsp3) is 0.200. The first-order chi connectivity index (χ1) is 9.87. The molecule has 0 heterocycles. The zero-order valence-electron chi connectivity index (χ0n) is 11.3. The average molecular weight is 345 g/mol. The molecule has 0 saturated heterocycles. The van der Waals surface area contributed by atoms with Crippen LogP contribution in [0, 0.1) is 6.92 Å². The van der Waals surface area contributed by atoms with Gasteiger partial charge in [-0.05, 0) is 49.2 Å². The van der Waals surface area contributed by atoms with Gasteiger partial charge in [0.2, 0.25) is 0 Å². The molecule has 0 aliphatic heterocycles. The van der Waals surface area contributed by atoms with Gasteiger partial charge in [-0.15, -0.1) is 0 Å². The second-order valence-corrected chi connectivity index (χ2v) is 7.11. The molecule has 0 spiro atoms. The molecule has 0 atom stereocenters. The Kier molecular flexibility index (Phi) is 5.27. The first-order valence-corrected chi connectivity index (χ1v) is 8.44. The van der Waals surface area contributed by atoms with E-state index in [1.54, 1.807) is 30.3 Å². The maximum Gasteiger partial charge on any atom is 0.296 e. The minimum absolute atomic E-state index is 0.0346. The monoisotopic (exact) mass is 344 g/mol. The van der Waals surface area contributed by atoms with E-state index < -0.39 is 10.1 Å². The number of halogens is 2. The predicted octanol–water partition coefficient (Wildman–Crippen LogP) is 4.25. The Balaban J connectivity index is 2.00. The number of hydrogen-bond acceptors (Lipinski definition) is 3. The highest BCUT2D eigenvalue weighted by Gasteiger charge is 2.14. The van der Waals surface area contributed by atoms with E-state index in [1.807, 2.05) is 6.92 Å². The van der Waals surface area contributed by atoms with Gasteiger partial charge in [-0.2, -0.15) is 8.42 Å². The predicted molar refractivity (Wildman–Crippen MR) is 84.5 cm³/mol. The molecule has 2 rings (SSSR count). The van der Waals surface area contributed by atoms with Crippen LogP contribution < -0.4 is 0 Å². The van der Waals surface area contributed by atoms with Gasteiger partial charge in [0.05, 0.1) is 11.5 Å². The minimum atomic E-state index is -3.73. The van der Waals surface area contributed by atoms with Crippen molar-refractivity contribution in [3.8, 4) is 0 Å². The molecule has 112 valence electrons. The Labute approximate surface area is 134 Å². The summed E-state index contributed by atoms with van der Waals surface area (Å²) >= 11 is 11.8. The fourth-order valence-corrected chi connectivity index (χ4v) is 3.28. The van der Waals surface area contributed by atoms with Crippen molar-refractivity contribution in [3.05, 3.63) is 63.6 Å². The van der Waals surface area contributed by atoms with Crippen LogP contribution in [-0.4, -0.2) is 15.0 Å². The van der Waals surface area contributed by atoms with Crippen LogP contribution in [-0.2, 0) is 20.7 Å². The minimum Gasteiger partial charge on any atom is -0.266 e. The highest BCUT2D eigenvalue weighted by Crippen LogP contribution is 2.20. The molecule has 0 fully saturated rings. The molecule has 0 aliphatic carbocycles. The van der Waals surface area contributed by atoms with E-state index in [0.29, 0.717) is 16.5 Å². The van der Waals surface area contributed by atoms with Gasteiger partial charge in [-0.25, -0.2) is 0 Å². The molecule has 2 aromatic carbocycles. The Hall–Kier alpha value is -1.07. The van der Waals surface area contributed by atoms with Crippen molar-refractivity contribution in [1.29, 1.82) is 0 Å². The molecule has 0 N–H and O–H groups in total. The number of benzene rings is 2. The lowest BCUT2D eigenvalue weighted by atomic mass is 10.2. The fourth-order valence-electron chi connectivity index (χ4n) is 1.80. The van der Waals surface area contributed by atoms with Gasteiger partial charge in [-0.3, -0.25) is 4.18 Å². The topological polar surface area (TPSA) is 43.4 Å². The van der Waals surface area contributed by atoms with Crippen LogP contribution in [0.25, 0.3) is 0 Å². The van der Waals surface area contributed by atoms with E-state index in [0.717, 1.165) is 11.1 Å². The Morgan fingerprint density at radius 3 is 2.14 bits per heavy atom. The third-order valence-corrected chi connectivity index (χ3v) is 4.62. The van der Waals surface area contributed by atoms with Crippen LogP contribution in [0.4, 0.5) is 0 Å². The van der Waals surface area contributed by atoms with E-state index in [2.05, 4.69) is 0 Å². The first-order valence-electron chi connectivity index (χ1n) is 6.28. The second kappa shape index (κ2) is 6.79. The second-order valence-electron chi connectivity index (χ2n) is 4.62. The van der Waals surface area contributed by atoms with Crippen LogP contribution in [0.2, 0.25) is 10.0 Å². The third kappa shape index (κ3) is 4.71.